The number of rotatable bonds is 6. The molecule has 120 valence electrons. The highest BCUT2D eigenvalue weighted by Gasteiger charge is 2.32. The Kier molecular flexibility index (Phi) is 4.60. The summed E-state index contributed by atoms with van der Waals surface area (Å²) in [6.45, 7) is 0.478. The molecule has 3 rings (SSSR count). The quantitative estimate of drug-likeness (QED) is 0.829. The van der Waals surface area contributed by atoms with Crippen LogP contribution in [0.15, 0.2) is 48.5 Å². The van der Waals surface area contributed by atoms with E-state index in [2.05, 4.69) is 0 Å². The van der Waals surface area contributed by atoms with Crippen LogP contribution in [0.2, 0.25) is 0 Å². The van der Waals surface area contributed by atoms with E-state index in [0.717, 1.165) is 29.7 Å². The second-order valence-electron chi connectivity index (χ2n) is 6.08. The number of nitrogens with two attached hydrogens (primary N) is 1. The Morgan fingerprint density at radius 1 is 1.17 bits per heavy atom. The molecule has 1 aliphatic rings. The average Bonchev–Trinajstić information content (AvgIpc) is 3.36. The number of hydrogen-bond donors (Lipinski definition) is 1. The van der Waals surface area contributed by atoms with Gasteiger partial charge in [-0.1, -0.05) is 30.3 Å². The number of hydrogen-bond acceptors (Lipinski definition) is 2. The third-order valence-electron chi connectivity index (χ3n) is 4.21. The van der Waals surface area contributed by atoms with Gasteiger partial charge in [-0.25, -0.2) is 4.39 Å². The minimum absolute atomic E-state index is 0.111. The summed E-state index contributed by atoms with van der Waals surface area (Å²) < 4.78 is 13.3. The first-order valence-corrected chi connectivity index (χ1v) is 8.01. The van der Waals surface area contributed by atoms with Crippen molar-refractivity contribution in [2.75, 3.05) is 5.73 Å². The number of carbonyl (C=O) groups excluding carboxylic acids is 1. The Morgan fingerprint density at radius 3 is 2.65 bits per heavy atom. The van der Waals surface area contributed by atoms with Crippen molar-refractivity contribution < 1.29 is 9.18 Å². The van der Waals surface area contributed by atoms with Crippen molar-refractivity contribution in [3.63, 3.8) is 0 Å². The standard InChI is InChI=1S/C19H21FN2O/c20-16-6-3-4-14(12-16)13-22(17-9-10-17)19(23)11-8-15-5-1-2-7-18(15)21/h1-7,12,17H,8-11,13,21H2. The number of carbonyl (C=O) groups is 1. The Morgan fingerprint density at radius 2 is 1.96 bits per heavy atom. The van der Waals surface area contributed by atoms with Crippen LogP contribution < -0.4 is 5.73 Å². The number of aryl methyl sites for hydroxylation is 1. The number of nitrogens with zero attached hydrogens (tertiary/aromatic N) is 1. The molecule has 2 aromatic rings. The maximum absolute atomic E-state index is 13.3. The van der Waals surface area contributed by atoms with Crippen molar-refractivity contribution in [1.82, 2.24) is 4.90 Å². The van der Waals surface area contributed by atoms with E-state index in [-0.39, 0.29) is 11.7 Å². The monoisotopic (exact) mass is 312 g/mol. The van der Waals surface area contributed by atoms with E-state index in [0.29, 0.717) is 25.4 Å². The molecule has 0 aliphatic heterocycles. The normalized spacial score (nSPS) is 13.8. The van der Waals surface area contributed by atoms with Gasteiger partial charge in [0.2, 0.25) is 5.91 Å². The molecule has 23 heavy (non-hydrogen) atoms. The van der Waals surface area contributed by atoms with Crippen LogP contribution in [-0.2, 0) is 17.8 Å². The summed E-state index contributed by atoms with van der Waals surface area (Å²) in [4.78, 5) is 14.5. The van der Waals surface area contributed by atoms with Crippen LogP contribution >= 0.6 is 0 Å². The lowest BCUT2D eigenvalue weighted by Gasteiger charge is -2.23. The molecule has 3 nitrogen and oxygen atoms in total. The smallest absolute Gasteiger partial charge is 0.223 e. The second-order valence-corrected chi connectivity index (χ2v) is 6.08. The van der Waals surface area contributed by atoms with Crippen LogP contribution in [0.3, 0.4) is 0 Å². The number of halogens is 1. The van der Waals surface area contributed by atoms with E-state index < -0.39 is 0 Å². The van der Waals surface area contributed by atoms with Gasteiger partial charge in [-0.15, -0.1) is 0 Å². The SMILES string of the molecule is Nc1ccccc1CCC(=O)N(Cc1cccc(F)c1)C1CC1. The molecule has 1 fully saturated rings. The number of anilines is 1. The molecule has 4 heteroatoms. The van der Waals surface area contributed by atoms with Crippen molar-refractivity contribution >= 4 is 11.6 Å². The first-order chi connectivity index (χ1) is 11.1. The predicted molar refractivity (Wildman–Crippen MR) is 89.1 cm³/mol. The average molecular weight is 312 g/mol. The summed E-state index contributed by atoms with van der Waals surface area (Å²) >= 11 is 0. The molecule has 0 saturated heterocycles. The van der Waals surface area contributed by atoms with Gasteiger partial charge in [-0.2, -0.15) is 0 Å². The van der Waals surface area contributed by atoms with E-state index in [9.17, 15) is 9.18 Å². The second kappa shape index (κ2) is 6.82. The van der Waals surface area contributed by atoms with Gasteiger partial charge in [0.1, 0.15) is 5.82 Å². The minimum atomic E-state index is -0.261. The van der Waals surface area contributed by atoms with Gasteiger partial charge in [0.15, 0.2) is 0 Å². The Labute approximate surface area is 135 Å². The van der Waals surface area contributed by atoms with Crippen LogP contribution in [0, 0.1) is 5.82 Å². The van der Waals surface area contributed by atoms with Crippen LogP contribution in [0.25, 0.3) is 0 Å². The predicted octanol–water partition coefficient (Wildman–Crippen LogP) is 3.53. The summed E-state index contributed by atoms with van der Waals surface area (Å²) in [6.07, 6.45) is 3.14. The van der Waals surface area contributed by atoms with Crippen molar-refractivity contribution in [2.24, 2.45) is 0 Å². The molecule has 0 unspecified atom stereocenters. The zero-order valence-corrected chi connectivity index (χ0v) is 13.0. The topological polar surface area (TPSA) is 46.3 Å². The Bertz CT molecular complexity index is 697. The van der Waals surface area contributed by atoms with E-state index in [1.165, 1.54) is 12.1 Å². The molecule has 0 bridgehead atoms. The molecule has 0 spiro atoms. The van der Waals surface area contributed by atoms with E-state index in [1.54, 1.807) is 6.07 Å². The van der Waals surface area contributed by atoms with Crippen molar-refractivity contribution in [2.45, 2.75) is 38.3 Å². The molecule has 0 aromatic heterocycles. The summed E-state index contributed by atoms with van der Waals surface area (Å²) in [5.41, 5.74) is 8.49. The van der Waals surface area contributed by atoms with Gasteiger partial charge >= 0.3 is 0 Å². The molecule has 0 radical (unpaired) electrons. The number of amides is 1. The van der Waals surface area contributed by atoms with Crippen molar-refractivity contribution in [3.05, 3.63) is 65.5 Å². The number of para-hydroxylation sites is 1. The fraction of sp³-hybridized carbons (Fsp3) is 0.316. The van der Waals surface area contributed by atoms with E-state index >= 15 is 0 Å². The summed E-state index contributed by atoms with van der Waals surface area (Å²) in [6, 6.07) is 14.4. The van der Waals surface area contributed by atoms with Gasteiger partial charge in [0, 0.05) is 24.7 Å². The van der Waals surface area contributed by atoms with Gasteiger partial charge in [0.25, 0.3) is 0 Å². The van der Waals surface area contributed by atoms with Crippen LogP contribution in [0.4, 0.5) is 10.1 Å². The molecule has 1 aliphatic carbocycles. The number of nitrogen functional groups attached to an aromatic ring is 1. The lowest BCUT2D eigenvalue weighted by atomic mass is 10.1. The van der Waals surface area contributed by atoms with Crippen LogP contribution in [0.5, 0.6) is 0 Å². The van der Waals surface area contributed by atoms with Gasteiger partial charge in [-0.05, 0) is 48.6 Å². The highest BCUT2D eigenvalue weighted by atomic mass is 19.1. The Balaban J connectivity index is 1.64. The Hall–Kier alpha value is -2.36. The highest BCUT2D eigenvalue weighted by Crippen LogP contribution is 2.29. The maximum atomic E-state index is 13.3. The molecular formula is C19H21FN2O. The zero-order valence-electron chi connectivity index (χ0n) is 13.0. The summed E-state index contributed by atoms with van der Waals surface area (Å²) in [5.74, 6) is -0.150. The first kappa shape index (κ1) is 15.5. The van der Waals surface area contributed by atoms with Crippen molar-refractivity contribution in [1.29, 1.82) is 0 Å². The third kappa shape index (κ3) is 4.09. The number of benzene rings is 2. The molecular weight excluding hydrogens is 291 g/mol. The fourth-order valence-corrected chi connectivity index (χ4v) is 2.79. The van der Waals surface area contributed by atoms with Crippen LogP contribution in [0.1, 0.15) is 30.4 Å². The first-order valence-electron chi connectivity index (χ1n) is 8.01. The lowest BCUT2D eigenvalue weighted by molar-refractivity contribution is -0.132. The zero-order chi connectivity index (χ0) is 16.2. The largest absolute Gasteiger partial charge is 0.399 e. The summed E-state index contributed by atoms with van der Waals surface area (Å²) in [5, 5.41) is 0. The van der Waals surface area contributed by atoms with Gasteiger partial charge < -0.3 is 10.6 Å². The minimum Gasteiger partial charge on any atom is -0.399 e. The molecule has 2 N–H and O–H groups in total. The highest BCUT2D eigenvalue weighted by molar-refractivity contribution is 5.77. The summed E-state index contributed by atoms with van der Waals surface area (Å²) in [7, 11) is 0. The molecule has 0 atom stereocenters. The van der Waals surface area contributed by atoms with Crippen LogP contribution in [-0.4, -0.2) is 16.8 Å². The van der Waals surface area contributed by atoms with Gasteiger partial charge in [-0.3, -0.25) is 4.79 Å². The van der Waals surface area contributed by atoms with Crippen molar-refractivity contribution in [3.8, 4) is 0 Å². The van der Waals surface area contributed by atoms with Gasteiger partial charge in [0.05, 0.1) is 0 Å². The van der Waals surface area contributed by atoms with E-state index in [4.69, 9.17) is 5.73 Å². The third-order valence-corrected chi connectivity index (χ3v) is 4.21. The maximum Gasteiger partial charge on any atom is 0.223 e. The lowest BCUT2D eigenvalue weighted by Crippen LogP contribution is -2.32. The molecule has 1 amide bonds. The van der Waals surface area contributed by atoms with E-state index in [1.807, 2.05) is 35.2 Å². The fourth-order valence-electron chi connectivity index (χ4n) is 2.79. The molecule has 0 heterocycles. The molecule has 2 aromatic carbocycles. The molecule has 1 saturated carbocycles.